The minimum absolute atomic E-state index is 0. The van der Waals surface area contributed by atoms with E-state index in [0.717, 1.165) is 38.8 Å². The van der Waals surface area contributed by atoms with Crippen molar-refractivity contribution in [2.24, 2.45) is 0 Å². The molecule has 0 fully saturated rings. The number of fused-ring (bicyclic) bond motifs is 4. The summed E-state index contributed by atoms with van der Waals surface area (Å²) in [6.07, 6.45) is 1.76. The van der Waals surface area contributed by atoms with Gasteiger partial charge in [-0.15, -0.1) is 48.1 Å². The van der Waals surface area contributed by atoms with Crippen LogP contribution in [0.15, 0.2) is 206 Å². The summed E-state index contributed by atoms with van der Waals surface area (Å²) in [6, 6.07) is 45.7. The van der Waals surface area contributed by atoms with Crippen molar-refractivity contribution in [3.63, 3.8) is 0 Å². The number of aromatic nitrogens is 2. The van der Waals surface area contributed by atoms with Gasteiger partial charge in [-0.05, 0) is 58.0 Å². The largest absolute Gasteiger partial charge is 0.509 e. The molecule has 0 N–H and O–H groups in total. The summed E-state index contributed by atoms with van der Waals surface area (Å²) < 4.78 is 95.5. The number of nitrogens with zero attached hydrogens (tertiary/aromatic N) is 4. The summed E-state index contributed by atoms with van der Waals surface area (Å²) in [5.41, 5.74) is 6.04. The minimum atomic E-state index is -0.565. The number of benzene rings is 8. The van der Waals surface area contributed by atoms with E-state index < -0.39 is 60.4 Å². The second kappa shape index (κ2) is 15.9. The first-order valence-corrected chi connectivity index (χ1v) is 18.9. The molecule has 2 aromatic heterocycles. The molecule has 290 valence electrons. The van der Waals surface area contributed by atoms with Gasteiger partial charge in [0.25, 0.3) is 0 Å². The van der Waals surface area contributed by atoms with Crippen molar-refractivity contribution in [1.29, 1.82) is 0 Å². The summed E-state index contributed by atoms with van der Waals surface area (Å²) in [7, 11) is 0. The van der Waals surface area contributed by atoms with E-state index in [-0.39, 0.29) is 49.0 Å². The molecule has 11 rings (SSSR count). The third-order valence-corrected chi connectivity index (χ3v) is 10.3. The Labute approximate surface area is 377 Å². The third kappa shape index (κ3) is 6.63. The number of para-hydroxylation sites is 3. The predicted octanol–water partition coefficient (Wildman–Crippen LogP) is 14.0. The minimum Gasteiger partial charge on any atom is -0.509 e. The van der Waals surface area contributed by atoms with Crippen LogP contribution in [0.5, 0.6) is 11.5 Å². The van der Waals surface area contributed by atoms with E-state index in [1.807, 2.05) is 89.8 Å². The second-order valence-corrected chi connectivity index (χ2v) is 13.8. The Balaban J connectivity index is 0.00000567. The maximum atomic E-state index is 9.00. The Hall–Kier alpha value is -7.20. The zero-order chi connectivity index (χ0) is 47.8. The van der Waals surface area contributed by atoms with E-state index in [1.54, 1.807) is 42.0 Å². The monoisotopic (exact) mass is 960 g/mol. The molecule has 3 heterocycles. The van der Waals surface area contributed by atoms with E-state index in [9.17, 15) is 0 Å². The Kier molecular flexibility index (Phi) is 7.26. The van der Waals surface area contributed by atoms with Crippen molar-refractivity contribution in [2.75, 3.05) is 9.80 Å². The fraction of sp³-hybridized carbons (Fsp3) is 0. The van der Waals surface area contributed by atoms with Gasteiger partial charge < -0.3 is 19.1 Å². The molecule has 0 unspecified atom stereocenters. The first-order chi connectivity index (χ1) is 33.4. The topological polar surface area (TPSA) is 33.5 Å². The number of hydrogen-bond acceptors (Lipinski definition) is 4. The molecule has 0 bridgehead atoms. The first kappa shape index (κ1) is 27.5. The molecule has 1 aliphatic rings. The number of anilines is 4. The molecule has 0 spiro atoms. The van der Waals surface area contributed by atoms with Crippen LogP contribution in [-0.4, -0.2) is 9.55 Å². The molecular weight excluding hydrogens is 916 g/mol. The number of hydrogen-bond donors (Lipinski definition) is 0. The number of ether oxygens (including phenoxy) is 1. The van der Waals surface area contributed by atoms with Gasteiger partial charge in [0.1, 0.15) is 5.82 Å². The van der Waals surface area contributed by atoms with Crippen LogP contribution in [-0.2, 0) is 21.1 Å². The summed E-state index contributed by atoms with van der Waals surface area (Å²) in [5.74, 6) is 1.53. The van der Waals surface area contributed by atoms with Crippen LogP contribution in [0.3, 0.4) is 0 Å². The average Bonchev–Trinajstić information content (AvgIpc) is 3.92. The summed E-state index contributed by atoms with van der Waals surface area (Å²) in [5, 5.41) is 2.00. The van der Waals surface area contributed by atoms with E-state index in [2.05, 4.69) is 47.0 Å². The summed E-state index contributed by atoms with van der Waals surface area (Å²) >= 11 is 0. The van der Waals surface area contributed by atoms with E-state index in [4.69, 9.17) is 23.4 Å². The number of pyridine rings is 1. The average molecular weight is 961 g/mol. The number of rotatable bonds is 8. The van der Waals surface area contributed by atoms with Crippen molar-refractivity contribution < 1.29 is 39.5 Å². The van der Waals surface area contributed by atoms with Gasteiger partial charge in [-0.3, -0.25) is 0 Å². The molecule has 0 saturated heterocycles. The Morgan fingerprint density at radius 3 is 1.92 bits per heavy atom. The quantitative estimate of drug-likeness (QED) is 0.142. The molecule has 0 atom stereocenters. The van der Waals surface area contributed by atoms with E-state index in [0.29, 0.717) is 28.6 Å². The fourth-order valence-corrected chi connectivity index (χ4v) is 7.73. The van der Waals surface area contributed by atoms with Gasteiger partial charge in [0.15, 0.2) is 0 Å². The maximum Gasteiger partial charge on any atom is 0.135 e. The van der Waals surface area contributed by atoms with Crippen LogP contribution in [0.1, 0.15) is 13.7 Å². The van der Waals surface area contributed by atoms with Crippen molar-refractivity contribution in [3.05, 3.63) is 225 Å². The SMILES string of the molecule is [2H]c1c([2H])c([2H])c(-c2cccc(-c3c([2H])c([2H])c([2H])c([2H])c3[2H])c2N2[CH-]N(c3[c-]c(Oc4[c-]c5c(cc4)c4cc(-c6ccccc6)ccc4n5-c4ccccn4)ccc3)c3ccccc32)c([2H])c1[2H].[Pt]. The zero-order valence-electron chi connectivity index (χ0n) is 41.4. The molecule has 10 aromatic rings. The maximum absolute atomic E-state index is 9.00. The molecule has 60 heavy (non-hydrogen) atoms. The molecule has 8 aromatic carbocycles. The standard InChI is InChI=1S/C54H35N4O.Pt/c1-4-16-38(17-5-1)41-29-32-49-48(34-41)47-31-30-44(36-52(47)58(49)53-28-12-13-33-55-53)59-43-23-14-22-42(35-43)56-37-57(51-27-11-10-26-50(51)56)54-45(39-18-6-2-7-19-39)24-15-25-46(54)40-20-8-3-9-21-40;/h1-34,37H;/q-3;/i2D,3D,6D,7D,8D,9D,18D,19D,20D,21D;. The second-order valence-electron chi connectivity index (χ2n) is 13.8. The van der Waals surface area contributed by atoms with Gasteiger partial charge in [-0.25, -0.2) is 4.98 Å². The molecule has 6 heteroatoms. The molecule has 1 aliphatic heterocycles. The Bertz CT molecular complexity index is 3580. The van der Waals surface area contributed by atoms with Gasteiger partial charge in [0, 0.05) is 72.5 Å². The van der Waals surface area contributed by atoms with Crippen LogP contribution in [0.4, 0.5) is 22.7 Å². The van der Waals surface area contributed by atoms with Crippen molar-refractivity contribution in [1.82, 2.24) is 9.55 Å². The van der Waals surface area contributed by atoms with Crippen LogP contribution in [0.25, 0.3) is 61.0 Å². The third-order valence-electron chi connectivity index (χ3n) is 10.3. The van der Waals surface area contributed by atoms with Gasteiger partial charge in [-0.2, -0.15) is 12.1 Å². The fourth-order valence-electron chi connectivity index (χ4n) is 7.73. The van der Waals surface area contributed by atoms with Gasteiger partial charge >= 0.3 is 0 Å². The molecule has 0 amide bonds. The molecule has 0 saturated carbocycles. The molecule has 5 nitrogen and oxygen atoms in total. The van der Waals surface area contributed by atoms with Crippen LogP contribution in [0, 0.1) is 18.8 Å². The van der Waals surface area contributed by atoms with E-state index >= 15 is 0 Å². The van der Waals surface area contributed by atoms with Crippen molar-refractivity contribution in [3.8, 4) is 50.7 Å². The van der Waals surface area contributed by atoms with Crippen molar-refractivity contribution >= 4 is 44.6 Å². The smallest absolute Gasteiger partial charge is 0.135 e. The Morgan fingerprint density at radius 2 is 1.20 bits per heavy atom. The summed E-state index contributed by atoms with van der Waals surface area (Å²) in [6.45, 7) is 1.74. The summed E-state index contributed by atoms with van der Waals surface area (Å²) in [4.78, 5) is 8.29. The molecule has 0 aliphatic carbocycles. The van der Waals surface area contributed by atoms with Crippen LogP contribution >= 0.6 is 0 Å². The van der Waals surface area contributed by atoms with Gasteiger partial charge in [0.05, 0.1) is 13.7 Å². The van der Waals surface area contributed by atoms with Crippen LogP contribution < -0.4 is 14.5 Å². The zero-order valence-corrected chi connectivity index (χ0v) is 33.7. The van der Waals surface area contributed by atoms with E-state index in [1.165, 1.54) is 0 Å². The Morgan fingerprint density at radius 1 is 0.533 bits per heavy atom. The van der Waals surface area contributed by atoms with Gasteiger partial charge in [-0.1, -0.05) is 145 Å². The van der Waals surface area contributed by atoms with Gasteiger partial charge in [0.2, 0.25) is 0 Å². The molecule has 0 radical (unpaired) electrons. The normalized spacial score (nSPS) is 14.4. The first-order valence-electron chi connectivity index (χ1n) is 23.9. The predicted molar refractivity (Wildman–Crippen MR) is 241 cm³/mol. The van der Waals surface area contributed by atoms with Crippen LogP contribution in [0.2, 0.25) is 0 Å². The van der Waals surface area contributed by atoms with Crippen molar-refractivity contribution in [2.45, 2.75) is 0 Å². The molecular formula is C54H35N4OPt-3.